The molecule has 200 valence electrons. The molecule has 2 bridgehead atoms. The van der Waals surface area contributed by atoms with Crippen LogP contribution in [0.3, 0.4) is 0 Å². The van der Waals surface area contributed by atoms with Gasteiger partial charge in [0.1, 0.15) is 19.0 Å². The highest BCUT2D eigenvalue weighted by molar-refractivity contribution is 6.21. The second kappa shape index (κ2) is 10.5. The maximum atomic E-state index is 14.4. The van der Waals surface area contributed by atoms with Crippen LogP contribution in [0.5, 0.6) is 0 Å². The third kappa shape index (κ3) is 5.22. The first-order valence-electron chi connectivity index (χ1n) is 13.4. The lowest BCUT2D eigenvalue weighted by Gasteiger charge is -2.60. The third-order valence-electron chi connectivity index (χ3n) is 9.61. The normalized spacial score (nSPS) is 48.7. The van der Waals surface area contributed by atoms with E-state index in [9.17, 15) is 18.7 Å². The molecule has 5 saturated carbocycles. The average molecular weight is 539 g/mol. The number of hydrogen-bond acceptors (Lipinski definition) is 5. The number of ether oxygens (including phenoxy) is 1. The topological polar surface area (TPSA) is 73.8 Å². The SMILES string of the molecule is O=C(COC1CCC(Cl)C(F)C1)NC12CCC(N3NCCC3C3CCC(Cl)C(F)C3)(CC1)C[C@@H]2O. The maximum absolute atomic E-state index is 14.4. The molecule has 3 N–H and O–H groups in total. The van der Waals surface area contributed by atoms with Crippen molar-refractivity contribution in [1.82, 2.24) is 15.8 Å². The number of aliphatic hydroxyl groups is 1. The Bertz CT molecular complexity index is 772. The fourth-order valence-corrected chi connectivity index (χ4v) is 7.96. The lowest BCUT2D eigenvalue weighted by Crippen LogP contribution is -2.72. The largest absolute Gasteiger partial charge is 0.391 e. The number of aliphatic hydroxyl groups excluding tert-OH is 1. The molecule has 1 saturated heterocycles. The van der Waals surface area contributed by atoms with E-state index in [1.165, 1.54) is 0 Å². The van der Waals surface area contributed by atoms with Crippen molar-refractivity contribution in [3.05, 3.63) is 0 Å². The van der Waals surface area contributed by atoms with Crippen molar-refractivity contribution < 1.29 is 23.4 Å². The van der Waals surface area contributed by atoms with Crippen molar-refractivity contribution in [2.75, 3.05) is 13.2 Å². The smallest absolute Gasteiger partial charge is 0.246 e. The Labute approximate surface area is 216 Å². The van der Waals surface area contributed by atoms with Gasteiger partial charge in [-0.1, -0.05) is 0 Å². The van der Waals surface area contributed by atoms with Crippen molar-refractivity contribution in [1.29, 1.82) is 0 Å². The molecule has 1 amide bonds. The molecule has 7 unspecified atom stereocenters. The summed E-state index contributed by atoms with van der Waals surface area (Å²) in [5.41, 5.74) is 2.75. The van der Waals surface area contributed by atoms with Crippen LogP contribution in [-0.4, -0.2) is 81.6 Å². The molecular formula is C25H39Cl2F2N3O3. The molecule has 0 aromatic heterocycles. The van der Waals surface area contributed by atoms with Gasteiger partial charge in [0.2, 0.25) is 5.91 Å². The van der Waals surface area contributed by atoms with E-state index in [1.807, 2.05) is 0 Å². The van der Waals surface area contributed by atoms with Crippen molar-refractivity contribution in [2.45, 2.75) is 129 Å². The quantitative estimate of drug-likeness (QED) is 0.450. The molecule has 10 heteroatoms. The van der Waals surface area contributed by atoms with Crippen LogP contribution in [0.2, 0.25) is 0 Å². The number of carbonyl (C=O) groups excluding carboxylic acids is 1. The van der Waals surface area contributed by atoms with Crippen molar-refractivity contribution >= 4 is 29.1 Å². The molecule has 0 spiro atoms. The molecule has 0 aromatic rings. The number of hydrazine groups is 1. The van der Waals surface area contributed by atoms with Gasteiger partial charge in [0, 0.05) is 24.5 Å². The number of fused-ring (bicyclic) bond motifs is 3. The van der Waals surface area contributed by atoms with E-state index in [-0.39, 0.29) is 47.9 Å². The van der Waals surface area contributed by atoms with E-state index < -0.39 is 29.4 Å². The van der Waals surface area contributed by atoms with Crippen LogP contribution >= 0.6 is 23.2 Å². The summed E-state index contributed by atoms with van der Waals surface area (Å²) in [6.45, 7) is 0.734. The first-order valence-corrected chi connectivity index (χ1v) is 14.3. The van der Waals surface area contributed by atoms with Crippen LogP contribution in [0.25, 0.3) is 0 Å². The zero-order valence-electron chi connectivity index (χ0n) is 20.2. The first-order chi connectivity index (χ1) is 16.7. The third-order valence-corrected chi connectivity index (χ3v) is 10.6. The molecule has 1 heterocycles. The van der Waals surface area contributed by atoms with Crippen LogP contribution in [0, 0.1) is 5.92 Å². The highest BCUT2D eigenvalue weighted by Gasteiger charge is 2.59. The fraction of sp³-hybridized carbons (Fsp3) is 0.960. The van der Waals surface area contributed by atoms with Gasteiger partial charge in [-0.3, -0.25) is 10.2 Å². The maximum Gasteiger partial charge on any atom is 0.246 e. The summed E-state index contributed by atoms with van der Waals surface area (Å²) < 4.78 is 34.0. The average Bonchev–Trinajstić information content (AvgIpc) is 3.34. The Morgan fingerprint density at radius 3 is 2.37 bits per heavy atom. The predicted octanol–water partition coefficient (Wildman–Crippen LogP) is 3.76. The molecule has 0 radical (unpaired) electrons. The van der Waals surface area contributed by atoms with Gasteiger partial charge in [-0.05, 0) is 76.5 Å². The highest BCUT2D eigenvalue weighted by atomic mass is 35.5. The van der Waals surface area contributed by atoms with Gasteiger partial charge in [-0.2, -0.15) is 0 Å². The van der Waals surface area contributed by atoms with Crippen molar-refractivity contribution in [3.63, 3.8) is 0 Å². The molecule has 1 aliphatic heterocycles. The zero-order chi connectivity index (χ0) is 24.8. The zero-order valence-corrected chi connectivity index (χ0v) is 21.8. The Morgan fingerprint density at radius 2 is 1.71 bits per heavy atom. The summed E-state index contributed by atoms with van der Waals surface area (Å²) in [6, 6.07) is 0.251. The summed E-state index contributed by atoms with van der Waals surface area (Å²) in [6.07, 6.45) is 5.21. The van der Waals surface area contributed by atoms with E-state index in [0.717, 1.165) is 32.2 Å². The van der Waals surface area contributed by atoms with E-state index >= 15 is 0 Å². The number of rotatable bonds is 6. The number of carbonyl (C=O) groups is 1. The number of amides is 1. The second-order valence-corrected chi connectivity index (χ2v) is 12.8. The Morgan fingerprint density at radius 1 is 1.03 bits per heavy atom. The second-order valence-electron chi connectivity index (χ2n) is 11.7. The summed E-state index contributed by atoms with van der Waals surface area (Å²) in [5, 5.41) is 15.8. The highest BCUT2D eigenvalue weighted by Crippen LogP contribution is 2.52. The number of hydrogen-bond donors (Lipinski definition) is 3. The van der Waals surface area contributed by atoms with Gasteiger partial charge in [0.15, 0.2) is 0 Å². The molecule has 8 atom stereocenters. The molecule has 5 aliphatic carbocycles. The van der Waals surface area contributed by atoms with Crippen LogP contribution in [-0.2, 0) is 9.53 Å². The Balaban J connectivity index is 1.17. The summed E-state index contributed by atoms with van der Waals surface area (Å²) in [5.74, 6) is 0.00983. The molecule has 6 aliphatic rings. The van der Waals surface area contributed by atoms with Gasteiger partial charge in [0.25, 0.3) is 0 Å². The number of nitrogens with one attached hydrogen (secondary N) is 2. The standard InChI is InChI=1S/C25H39Cl2F2N3O3/c26-17-3-1-15(11-19(17)28)21-5-10-30-32(21)24-6-8-25(9-7-24,22(33)13-24)31-23(34)14-35-16-2-4-18(27)20(29)12-16/h15-22,30,33H,1-14H2,(H,31,34)/t15?,16?,17?,18?,19?,20?,21?,22-,24?,25?/m0/s1. The molecule has 6 fully saturated rings. The number of nitrogens with zero attached hydrogens (tertiary/aromatic N) is 1. The predicted molar refractivity (Wildman–Crippen MR) is 131 cm³/mol. The molecule has 6 nitrogen and oxygen atoms in total. The van der Waals surface area contributed by atoms with Gasteiger partial charge in [0.05, 0.1) is 28.5 Å². The first kappa shape index (κ1) is 26.4. The minimum Gasteiger partial charge on any atom is -0.391 e. The summed E-state index contributed by atoms with van der Waals surface area (Å²) >= 11 is 12.1. The number of alkyl halides is 4. The molecular weight excluding hydrogens is 499 g/mol. The molecule has 6 rings (SSSR count). The van der Waals surface area contributed by atoms with E-state index in [0.29, 0.717) is 44.9 Å². The summed E-state index contributed by atoms with van der Waals surface area (Å²) in [7, 11) is 0. The number of halogens is 4. The van der Waals surface area contributed by atoms with E-state index in [4.69, 9.17) is 27.9 Å². The minimum absolute atomic E-state index is 0.132. The fourth-order valence-electron chi connectivity index (χ4n) is 7.51. The lowest BCUT2D eigenvalue weighted by molar-refractivity contribution is -0.150. The monoisotopic (exact) mass is 537 g/mol. The minimum atomic E-state index is -1.10. The van der Waals surface area contributed by atoms with Gasteiger partial charge >= 0.3 is 0 Å². The van der Waals surface area contributed by atoms with Crippen molar-refractivity contribution in [3.8, 4) is 0 Å². The van der Waals surface area contributed by atoms with Crippen LogP contribution in [0.15, 0.2) is 0 Å². The summed E-state index contributed by atoms with van der Waals surface area (Å²) in [4.78, 5) is 12.7. The van der Waals surface area contributed by atoms with Gasteiger partial charge in [-0.15, -0.1) is 23.2 Å². The van der Waals surface area contributed by atoms with Crippen LogP contribution in [0.1, 0.15) is 77.0 Å². The van der Waals surface area contributed by atoms with Gasteiger partial charge < -0.3 is 15.2 Å². The van der Waals surface area contributed by atoms with Crippen LogP contribution in [0.4, 0.5) is 8.78 Å². The van der Waals surface area contributed by atoms with E-state index in [2.05, 4.69) is 15.8 Å². The Kier molecular flexibility index (Phi) is 7.90. The van der Waals surface area contributed by atoms with Crippen molar-refractivity contribution in [2.24, 2.45) is 5.92 Å². The molecule has 35 heavy (non-hydrogen) atoms. The Hall–Kier alpha value is -0.250. The molecule has 0 aromatic carbocycles. The lowest BCUT2D eigenvalue weighted by atomic mass is 9.59. The van der Waals surface area contributed by atoms with E-state index in [1.54, 1.807) is 0 Å². The van der Waals surface area contributed by atoms with Gasteiger partial charge in [-0.25, -0.2) is 13.8 Å². The van der Waals surface area contributed by atoms with Crippen LogP contribution < -0.4 is 10.7 Å².